The molecule has 2 rings (SSSR count). The Morgan fingerprint density at radius 2 is 2.14 bits per heavy atom. The summed E-state index contributed by atoms with van der Waals surface area (Å²) in [4.78, 5) is 11.9. The van der Waals surface area contributed by atoms with E-state index in [-0.39, 0.29) is 18.9 Å². The highest BCUT2D eigenvalue weighted by atomic mass is 35.5. The Morgan fingerprint density at radius 1 is 1.39 bits per heavy atom. The van der Waals surface area contributed by atoms with Crippen LogP contribution >= 0.6 is 11.6 Å². The quantitative estimate of drug-likeness (QED) is 0.701. The zero-order chi connectivity index (χ0) is 20.7. The number of nitrogens with one attached hydrogen (secondary N) is 1. The van der Waals surface area contributed by atoms with E-state index in [9.17, 15) is 9.90 Å². The summed E-state index contributed by atoms with van der Waals surface area (Å²) in [6, 6.07) is 4.10. The van der Waals surface area contributed by atoms with Crippen LogP contribution in [0.1, 0.15) is 44.7 Å². The van der Waals surface area contributed by atoms with Gasteiger partial charge in [0.25, 0.3) is 0 Å². The van der Waals surface area contributed by atoms with Gasteiger partial charge in [0.2, 0.25) is 0 Å². The number of allylic oxidation sites excluding steroid dienone is 3. The Labute approximate surface area is 172 Å². The number of benzene rings is 1. The number of ether oxygens (including phenoxy) is 2. The minimum atomic E-state index is -1.36. The molecule has 2 bridgehead atoms. The molecule has 1 aromatic carbocycles. The van der Waals surface area contributed by atoms with Gasteiger partial charge in [-0.2, -0.15) is 0 Å². The molecule has 0 saturated carbocycles. The molecule has 5 nitrogen and oxygen atoms in total. The first kappa shape index (κ1) is 22.3. The molecule has 1 unspecified atom stereocenters. The molecule has 28 heavy (non-hydrogen) atoms. The Kier molecular flexibility index (Phi) is 7.96. The van der Waals surface area contributed by atoms with Crippen molar-refractivity contribution in [3.8, 4) is 5.75 Å². The first-order valence-electron chi connectivity index (χ1n) is 9.55. The van der Waals surface area contributed by atoms with E-state index in [1.165, 1.54) is 0 Å². The summed E-state index contributed by atoms with van der Waals surface area (Å²) in [5.74, 6) is 0.939. The normalized spacial score (nSPS) is 27.6. The predicted molar refractivity (Wildman–Crippen MR) is 112 cm³/mol. The van der Waals surface area contributed by atoms with Crippen molar-refractivity contribution < 1.29 is 19.4 Å². The Balaban J connectivity index is 2.31. The molecule has 0 fully saturated rings. The van der Waals surface area contributed by atoms with Gasteiger partial charge >= 0.3 is 6.09 Å². The van der Waals surface area contributed by atoms with Gasteiger partial charge in [0.05, 0.1) is 18.7 Å². The fourth-order valence-corrected chi connectivity index (χ4v) is 3.43. The largest absolute Gasteiger partial charge is 0.495 e. The lowest BCUT2D eigenvalue weighted by molar-refractivity contribution is 0.0219. The SMILES string of the molecule is COc1cc2cc(c1Cl)CC(C)CCOC(=O)N[C@@](C)(O)C/C=C/C=C(\C)C2. The summed E-state index contributed by atoms with van der Waals surface area (Å²) in [7, 11) is 1.62. The number of methoxy groups -OCH3 is 1. The molecule has 0 saturated heterocycles. The number of aliphatic hydroxyl groups is 1. The number of cyclic esters (lactones) is 1. The highest BCUT2D eigenvalue weighted by Crippen LogP contribution is 2.32. The number of carbonyl (C=O) groups excluding carboxylic acids is 1. The van der Waals surface area contributed by atoms with Gasteiger partial charge in [-0.3, -0.25) is 5.32 Å². The van der Waals surface area contributed by atoms with Crippen molar-refractivity contribution in [1.29, 1.82) is 0 Å². The molecule has 6 heteroatoms. The molecule has 0 aliphatic carbocycles. The van der Waals surface area contributed by atoms with Crippen LogP contribution in [0.25, 0.3) is 0 Å². The number of halogens is 1. The topological polar surface area (TPSA) is 67.8 Å². The van der Waals surface area contributed by atoms with Gasteiger partial charge in [0.15, 0.2) is 0 Å². The standard InChI is InChI=1S/C22H30ClNO4/c1-15-7-5-6-9-22(3,26)24-21(25)28-10-8-16(2)12-18-13-17(11-15)14-19(27-4)20(18)23/h5-7,13-14,16,26H,8-12H2,1-4H3,(H,24,25)/b6-5+,15-7+/t16?,22-/m0/s1. The Hall–Kier alpha value is -1.98. The molecule has 0 radical (unpaired) electrons. The molecular formula is C22H30ClNO4. The summed E-state index contributed by atoms with van der Waals surface area (Å²) in [6.45, 7) is 5.96. The lowest BCUT2D eigenvalue weighted by Crippen LogP contribution is -2.45. The van der Waals surface area contributed by atoms with Crippen LogP contribution in [0, 0.1) is 5.92 Å². The number of rotatable bonds is 1. The van der Waals surface area contributed by atoms with Crippen molar-refractivity contribution in [1.82, 2.24) is 5.32 Å². The van der Waals surface area contributed by atoms with Crippen LogP contribution in [0.4, 0.5) is 4.79 Å². The molecule has 154 valence electrons. The molecule has 1 heterocycles. The number of amides is 1. The molecule has 2 N–H and O–H groups in total. The first-order chi connectivity index (χ1) is 13.2. The van der Waals surface area contributed by atoms with Crippen LogP contribution in [0.5, 0.6) is 5.75 Å². The molecule has 2 atom stereocenters. The fraction of sp³-hybridized carbons (Fsp3) is 0.500. The summed E-state index contributed by atoms with van der Waals surface area (Å²) < 4.78 is 10.7. The van der Waals surface area contributed by atoms with Crippen LogP contribution in [0.3, 0.4) is 0 Å². The van der Waals surface area contributed by atoms with Gasteiger partial charge in [-0.25, -0.2) is 4.79 Å². The van der Waals surface area contributed by atoms with E-state index in [0.29, 0.717) is 17.2 Å². The number of fused-ring (bicyclic) bond motifs is 2. The van der Waals surface area contributed by atoms with Gasteiger partial charge in [0.1, 0.15) is 11.5 Å². The number of alkyl carbamates (subject to hydrolysis) is 1. The second-order valence-corrected chi connectivity index (χ2v) is 8.10. The van der Waals surface area contributed by atoms with Gasteiger partial charge in [0, 0.05) is 6.42 Å². The predicted octanol–water partition coefficient (Wildman–Crippen LogP) is 4.80. The van der Waals surface area contributed by atoms with Crippen molar-refractivity contribution in [2.24, 2.45) is 5.92 Å². The second-order valence-electron chi connectivity index (χ2n) is 7.73. The molecule has 1 aliphatic rings. The number of hydrogen-bond acceptors (Lipinski definition) is 4. The zero-order valence-corrected chi connectivity index (χ0v) is 17.8. The average Bonchev–Trinajstić information content (AvgIpc) is 2.60. The zero-order valence-electron chi connectivity index (χ0n) is 17.0. The smallest absolute Gasteiger partial charge is 0.409 e. The second kappa shape index (κ2) is 9.99. The monoisotopic (exact) mass is 407 g/mol. The van der Waals surface area contributed by atoms with Crippen molar-refractivity contribution in [2.75, 3.05) is 13.7 Å². The van der Waals surface area contributed by atoms with Gasteiger partial charge < -0.3 is 14.6 Å². The first-order valence-corrected chi connectivity index (χ1v) is 9.93. The van der Waals surface area contributed by atoms with Gasteiger partial charge in [-0.05, 0) is 56.2 Å². The average molecular weight is 408 g/mol. The van der Waals surface area contributed by atoms with Gasteiger partial charge in [-0.15, -0.1) is 0 Å². The van der Waals surface area contributed by atoms with Crippen LogP contribution < -0.4 is 10.1 Å². The van der Waals surface area contributed by atoms with E-state index < -0.39 is 11.8 Å². The minimum Gasteiger partial charge on any atom is -0.495 e. The highest BCUT2D eigenvalue weighted by molar-refractivity contribution is 6.32. The third-order valence-electron chi connectivity index (χ3n) is 4.69. The molecule has 1 aromatic rings. The van der Waals surface area contributed by atoms with Crippen molar-refractivity contribution in [3.05, 3.63) is 52.1 Å². The van der Waals surface area contributed by atoms with Crippen LogP contribution in [-0.2, 0) is 17.6 Å². The van der Waals surface area contributed by atoms with Crippen LogP contribution in [0.2, 0.25) is 5.02 Å². The maximum absolute atomic E-state index is 11.9. The van der Waals surface area contributed by atoms with Crippen LogP contribution in [-0.4, -0.2) is 30.6 Å². The van der Waals surface area contributed by atoms with E-state index >= 15 is 0 Å². The molecule has 0 aromatic heterocycles. The van der Waals surface area contributed by atoms with Crippen molar-refractivity contribution in [3.63, 3.8) is 0 Å². The summed E-state index contributed by atoms with van der Waals surface area (Å²) in [5, 5.41) is 13.4. The minimum absolute atomic E-state index is 0.264. The maximum Gasteiger partial charge on any atom is 0.409 e. The van der Waals surface area contributed by atoms with Crippen molar-refractivity contribution in [2.45, 2.75) is 52.2 Å². The highest BCUT2D eigenvalue weighted by Gasteiger charge is 2.22. The van der Waals surface area contributed by atoms with E-state index in [1.54, 1.807) is 14.0 Å². The maximum atomic E-state index is 11.9. The fourth-order valence-electron chi connectivity index (χ4n) is 3.17. The molecular weight excluding hydrogens is 378 g/mol. The molecule has 1 amide bonds. The lowest BCUT2D eigenvalue weighted by atomic mass is 9.95. The van der Waals surface area contributed by atoms with E-state index in [2.05, 4.69) is 25.2 Å². The van der Waals surface area contributed by atoms with Gasteiger partial charge in [-0.1, -0.05) is 48.4 Å². The summed E-state index contributed by atoms with van der Waals surface area (Å²) in [5.41, 5.74) is 1.97. The van der Waals surface area contributed by atoms with Crippen LogP contribution in [0.15, 0.2) is 35.9 Å². The van der Waals surface area contributed by atoms with E-state index in [1.807, 2.05) is 24.3 Å². The summed E-state index contributed by atoms with van der Waals surface area (Å²) >= 11 is 6.52. The third kappa shape index (κ3) is 6.88. The van der Waals surface area contributed by atoms with Crippen molar-refractivity contribution >= 4 is 17.7 Å². The Morgan fingerprint density at radius 3 is 2.86 bits per heavy atom. The van der Waals surface area contributed by atoms with E-state index in [4.69, 9.17) is 21.1 Å². The third-order valence-corrected chi connectivity index (χ3v) is 5.12. The Bertz CT molecular complexity index is 755. The summed E-state index contributed by atoms with van der Waals surface area (Å²) in [6.07, 6.45) is 7.57. The van der Waals surface area contributed by atoms with E-state index in [0.717, 1.165) is 29.5 Å². The number of hydrogen-bond donors (Lipinski definition) is 2. The molecule has 1 aliphatic heterocycles. The molecule has 0 spiro atoms. The number of carbonyl (C=O) groups is 1. The lowest BCUT2D eigenvalue weighted by Gasteiger charge is -2.23.